The van der Waals surface area contributed by atoms with Crippen molar-refractivity contribution in [1.29, 1.82) is 0 Å². The Morgan fingerprint density at radius 1 is 1.64 bits per heavy atom. The second-order valence-electron chi connectivity index (χ2n) is 2.49. The molecule has 7 heteroatoms. The molecule has 2 heterocycles. The number of rotatable bonds is 2. The topological polar surface area (TPSA) is 96.7 Å². The van der Waals surface area contributed by atoms with Gasteiger partial charge in [-0.05, 0) is 0 Å². The minimum atomic E-state index is -0.338. The van der Waals surface area contributed by atoms with E-state index in [9.17, 15) is 4.79 Å². The van der Waals surface area contributed by atoms with E-state index in [1.54, 1.807) is 11.6 Å². The lowest BCUT2D eigenvalue weighted by Crippen LogP contribution is -2.13. The van der Waals surface area contributed by atoms with Gasteiger partial charge in [-0.2, -0.15) is 5.10 Å². The van der Waals surface area contributed by atoms with Gasteiger partial charge in [0, 0.05) is 11.6 Å². The van der Waals surface area contributed by atoms with Crippen molar-refractivity contribution >= 4 is 28.1 Å². The number of carbonyl (C=O) groups excluding carboxylic acids is 1. The molecule has 2 aromatic heterocycles. The maximum Gasteiger partial charge on any atom is 0.277 e. The van der Waals surface area contributed by atoms with E-state index < -0.39 is 0 Å². The molecule has 0 saturated heterocycles. The molecule has 1 amide bonds. The van der Waals surface area contributed by atoms with Crippen molar-refractivity contribution in [3.63, 3.8) is 0 Å². The molecule has 2 rings (SSSR count). The fraction of sp³-hybridized carbons (Fsp3) is 0. The Kier molecular flexibility index (Phi) is 2.15. The molecule has 0 spiro atoms. The summed E-state index contributed by atoms with van der Waals surface area (Å²) in [5.74, 6) is -0.338. The van der Waals surface area contributed by atoms with Crippen LogP contribution >= 0.6 is 11.3 Å². The number of thiazole rings is 1. The fourth-order valence-corrected chi connectivity index (χ4v) is 1.45. The second-order valence-corrected chi connectivity index (χ2v) is 3.39. The van der Waals surface area contributed by atoms with Gasteiger partial charge in [-0.15, -0.1) is 11.3 Å². The normalized spacial score (nSPS) is 10.0. The number of nitrogens with two attached hydrogens (primary N) is 1. The average molecular weight is 209 g/mol. The zero-order chi connectivity index (χ0) is 9.97. The molecular formula is C7H7N5OS. The molecule has 0 unspecified atom stereocenters. The van der Waals surface area contributed by atoms with Crippen LogP contribution in [0.4, 0.5) is 10.8 Å². The van der Waals surface area contributed by atoms with E-state index >= 15 is 0 Å². The molecule has 72 valence electrons. The molecule has 2 aromatic rings. The van der Waals surface area contributed by atoms with Crippen LogP contribution in [0.15, 0.2) is 17.8 Å². The van der Waals surface area contributed by atoms with Crippen LogP contribution in [0.3, 0.4) is 0 Å². The van der Waals surface area contributed by atoms with Crippen LogP contribution in [0.2, 0.25) is 0 Å². The van der Waals surface area contributed by atoms with E-state index in [1.807, 2.05) is 0 Å². The summed E-state index contributed by atoms with van der Waals surface area (Å²) < 4.78 is 0. The number of nitrogens with zero attached hydrogens (tertiary/aromatic N) is 2. The molecule has 0 aliphatic heterocycles. The van der Waals surface area contributed by atoms with E-state index in [2.05, 4.69) is 20.5 Å². The molecule has 0 aromatic carbocycles. The molecular weight excluding hydrogens is 202 g/mol. The highest BCUT2D eigenvalue weighted by molar-refractivity contribution is 7.13. The summed E-state index contributed by atoms with van der Waals surface area (Å²) in [6.45, 7) is 0. The molecule has 0 atom stereocenters. The molecule has 0 fully saturated rings. The van der Waals surface area contributed by atoms with Gasteiger partial charge in [0.15, 0.2) is 5.13 Å². The Balaban J connectivity index is 2.14. The third-order valence-electron chi connectivity index (χ3n) is 1.55. The van der Waals surface area contributed by atoms with E-state index in [1.165, 1.54) is 17.5 Å². The molecule has 0 aliphatic carbocycles. The smallest absolute Gasteiger partial charge is 0.277 e. The lowest BCUT2D eigenvalue weighted by Gasteiger charge is -1.98. The molecule has 14 heavy (non-hydrogen) atoms. The van der Waals surface area contributed by atoms with Gasteiger partial charge >= 0.3 is 0 Å². The minimum absolute atomic E-state index is 0.250. The molecule has 0 aliphatic rings. The summed E-state index contributed by atoms with van der Waals surface area (Å²) in [5.41, 5.74) is 6.07. The molecule has 0 saturated carbocycles. The average Bonchev–Trinajstić information content (AvgIpc) is 2.75. The van der Waals surface area contributed by atoms with Gasteiger partial charge in [-0.1, -0.05) is 0 Å². The predicted molar refractivity (Wildman–Crippen MR) is 53.1 cm³/mol. The van der Waals surface area contributed by atoms with Crippen LogP contribution in [-0.2, 0) is 0 Å². The molecule has 0 bridgehead atoms. The van der Waals surface area contributed by atoms with Crippen molar-refractivity contribution in [2.45, 2.75) is 0 Å². The zero-order valence-electron chi connectivity index (χ0n) is 7.02. The monoisotopic (exact) mass is 209 g/mol. The van der Waals surface area contributed by atoms with Gasteiger partial charge in [0.25, 0.3) is 5.91 Å². The van der Waals surface area contributed by atoms with Gasteiger partial charge in [0.05, 0.1) is 11.9 Å². The van der Waals surface area contributed by atoms with Gasteiger partial charge in [0.1, 0.15) is 5.69 Å². The first-order chi connectivity index (χ1) is 6.77. The summed E-state index contributed by atoms with van der Waals surface area (Å²) in [6, 6.07) is 0. The maximum atomic E-state index is 11.5. The highest BCUT2D eigenvalue weighted by Gasteiger charge is 2.12. The van der Waals surface area contributed by atoms with E-state index in [0.29, 0.717) is 10.8 Å². The first-order valence-corrected chi connectivity index (χ1v) is 4.65. The van der Waals surface area contributed by atoms with Crippen LogP contribution in [-0.4, -0.2) is 21.1 Å². The Bertz CT molecular complexity index is 435. The number of aromatic nitrogens is 3. The van der Waals surface area contributed by atoms with Crippen LogP contribution < -0.4 is 11.1 Å². The summed E-state index contributed by atoms with van der Waals surface area (Å²) in [5, 5.41) is 11.0. The lowest BCUT2D eigenvalue weighted by atomic mass is 10.3. The van der Waals surface area contributed by atoms with Crippen molar-refractivity contribution in [2.24, 2.45) is 0 Å². The van der Waals surface area contributed by atoms with Crippen molar-refractivity contribution in [1.82, 2.24) is 15.2 Å². The molecule has 0 radical (unpaired) electrons. The predicted octanol–water partition coefficient (Wildman–Crippen LogP) is 0.701. The fourth-order valence-electron chi connectivity index (χ4n) is 0.922. The van der Waals surface area contributed by atoms with Crippen LogP contribution in [0.5, 0.6) is 0 Å². The van der Waals surface area contributed by atoms with Crippen molar-refractivity contribution in [3.05, 3.63) is 23.5 Å². The van der Waals surface area contributed by atoms with E-state index in [-0.39, 0.29) is 11.6 Å². The Labute approximate surface area is 83.2 Å². The van der Waals surface area contributed by atoms with Gasteiger partial charge in [-0.3, -0.25) is 15.2 Å². The second kappa shape index (κ2) is 3.46. The molecule has 4 N–H and O–H groups in total. The Morgan fingerprint density at radius 3 is 3.07 bits per heavy atom. The van der Waals surface area contributed by atoms with Crippen LogP contribution in [0.25, 0.3) is 0 Å². The number of anilines is 2. The first-order valence-electron chi connectivity index (χ1n) is 3.77. The zero-order valence-corrected chi connectivity index (χ0v) is 7.84. The highest BCUT2D eigenvalue weighted by atomic mass is 32.1. The highest BCUT2D eigenvalue weighted by Crippen LogP contribution is 2.13. The summed E-state index contributed by atoms with van der Waals surface area (Å²) in [4.78, 5) is 15.4. The van der Waals surface area contributed by atoms with Gasteiger partial charge < -0.3 is 5.73 Å². The standard InChI is InChI=1S/C7H7N5OS/c8-4-3-10-12-5(4)6(13)11-7-9-1-2-14-7/h1-3H,8H2,(H,10,12)(H,9,11,13). The molecule has 6 nitrogen and oxygen atoms in total. The van der Waals surface area contributed by atoms with Gasteiger partial charge in [0.2, 0.25) is 0 Å². The number of aromatic amines is 1. The first kappa shape index (κ1) is 8.70. The van der Waals surface area contributed by atoms with Crippen molar-refractivity contribution < 1.29 is 4.79 Å². The number of nitrogens with one attached hydrogen (secondary N) is 2. The number of hydrogen-bond acceptors (Lipinski definition) is 5. The van der Waals surface area contributed by atoms with Crippen LogP contribution in [0.1, 0.15) is 10.5 Å². The Morgan fingerprint density at radius 2 is 2.50 bits per heavy atom. The largest absolute Gasteiger partial charge is 0.396 e. The van der Waals surface area contributed by atoms with E-state index in [4.69, 9.17) is 5.73 Å². The quantitative estimate of drug-likeness (QED) is 0.678. The Hall–Kier alpha value is -1.89. The van der Waals surface area contributed by atoms with Crippen molar-refractivity contribution in [2.75, 3.05) is 11.1 Å². The SMILES string of the molecule is Nc1cn[nH]c1C(=O)Nc1nccs1. The van der Waals surface area contributed by atoms with Crippen LogP contribution in [0, 0.1) is 0 Å². The maximum absolute atomic E-state index is 11.5. The minimum Gasteiger partial charge on any atom is -0.396 e. The van der Waals surface area contributed by atoms with E-state index in [0.717, 1.165) is 0 Å². The summed E-state index contributed by atoms with van der Waals surface area (Å²) in [7, 11) is 0. The lowest BCUT2D eigenvalue weighted by molar-refractivity contribution is 0.102. The number of hydrogen-bond donors (Lipinski definition) is 3. The van der Waals surface area contributed by atoms with Gasteiger partial charge in [-0.25, -0.2) is 4.98 Å². The summed E-state index contributed by atoms with van der Waals surface area (Å²) >= 11 is 1.34. The third-order valence-corrected chi connectivity index (χ3v) is 2.24. The summed E-state index contributed by atoms with van der Waals surface area (Å²) in [6.07, 6.45) is 2.99. The third kappa shape index (κ3) is 1.57. The number of H-pyrrole nitrogens is 1. The number of nitrogen functional groups attached to an aromatic ring is 1. The number of amides is 1. The van der Waals surface area contributed by atoms with Crippen molar-refractivity contribution in [3.8, 4) is 0 Å². The number of carbonyl (C=O) groups is 1.